The molecule has 0 aromatic carbocycles. The quantitative estimate of drug-likeness (QED) is 0.906. The molecular weight excluding hydrogens is 250 g/mol. The van der Waals surface area contributed by atoms with Crippen LogP contribution in [-0.2, 0) is 4.74 Å². The summed E-state index contributed by atoms with van der Waals surface area (Å²) in [4.78, 5) is 15.9. The Labute approximate surface area is 111 Å². The smallest absolute Gasteiger partial charge is 0.351 e. The van der Waals surface area contributed by atoms with E-state index in [1.807, 2.05) is 19.9 Å². The van der Waals surface area contributed by atoms with Gasteiger partial charge in [-0.1, -0.05) is 6.92 Å². The van der Waals surface area contributed by atoms with Crippen LogP contribution in [-0.4, -0.2) is 26.8 Å². The fraction of sp³-hybridized carbons (Fsp3) is 0.667. The topological polar surface area (TPSA) is 56.1 Å². The number of rotatable bonds is 4. The predicted molar refractivity (Wildman–Crippen MR) is 73.9 cm³/mol. The lowest BCUT2D eigenvalue weighted by molar-refractivity contribution is 0.0148. The second-order valence-electron chi connectivity index (χ2n) is 4.56. The molecule has 1 aliphatic heterocycles. The summed E-state index contributed by atoms with van der Waals surface area (Å²) in [6, 6.07) is 2.07. The van der Waals surface area contributed by atoms with Crippen molar-refractivity contribution in [1.82, 2.24) is 9.55 Å². The number of anilines is 1. The first-order chi connectivity index (χ1) is 8.60. The van der Waals surface area contributed by atoms with Gasteiger partial charge in [-0.2, -0.15) is 4.98 Å². The summed E-state index contributed by atoms with van der Waals surface area (Å²) in [6.45, 7) is 6.10. The van der Waals surface area contributed by atoms with Crippen LogP contribution in [0.1, 0.15) is 33.4 Å². The van der Waals surface area contributed by atoms with Crippen molar-refractivity contribution in [3.8, 4) is 0 Å². The molecule has 0 amide bonds. The van der Waals surface area contributed by atoms with E-state index < -0.39 is 0 Å². The van der Waals surface area contributed by atoms with Gasteiger partial charge < -0.3 is 10.1 Å². The molecule has 2 atom stereocenters. The van der Waals surface area contributed by atoms with Crippen LogP contribution < -0.4 is 11.0 Å². The van der Waals surface area contributed by atoms with Crippen LogP contribution in [0, 0.1) is 0 Å². The third-order valence-electron chi connectivity index (χ3n) is 2.64. The Balaban J connectivity index is 2.13. The number of ether oxygens (including phenoxy) is 1. The summed E-state index contributed by atoms with van der Waals surface area (Å²) in [7, 11) is 0. The van der Waals surface area contributed by atoms with Gasteiger partial charge in [-0.25, -0.2) is 4.79 Å². The number of hydrogen-bond acceptors (Lipinski definition) is 5. The highest BCUT2D eigenvalue weighted by Crippen LogP contribution is 2.32. The lowest BCUT2D eigenvalue weighted by Gasteiger charge is -2.15. The van der Waals surface area contributed by atoms with Crippen molar-refractivity contribution >= 4 is 17.6 Å². The molecule has 1 saturated heterocycles. The molecule has 6 heteroatoms. The zero-order chi connectivity index (χ0) is 13.1. The van der Waals surface area contributed by atoms with Gasteiger partial charge >= 0.3 is 5.69 Å². The Morgan fingerprint density at radius 1 is 1.67 bits per heavy atom. The summed E-state index contributed by atoms with van der Waals surface area (Å²) in [5.74, 6) is 1.42. The van der Waals surface area contributed by atoms with Crippen LogP contribution in [0.25, 0.3) is 0 Å². The van der Waals surface area contributed by atoms with Crippen LogP contribution in [0.3, 0.4) is 0 Å². The number of nitrogens with zero attached hydrogens (tertiary/aromatic N) is 2. The second-order valence-corrected chi connectivity index (χ2v) is 5.76. The molecule has 1 fully saturated rings. The first kappa shape index (κ1) is 13.4. The first-order valence-corrected chi connectivity index (χ1v) is 7.27. The van der Waals surface area contributed by atoms with E-state index in [4.69, 9.17) is 4.74 Å². The first-order valence-electron chi connectivity index (χ1n) is 6.23. The van der Waals surface area contributed by atoms with Gasteiger partial charge in [-0.3, -0.25) is 4.57 Å². The number of nitrogens with one attached hydrogen (secondary N) is 1. The van der Waals surface area contributed by atoms with Crippen molar-refractivity contribution in [1.29, 1.82) is 0 Å². The van der Waals surface area contributed by atoms with Gasteiger partial charge in [0.1, 0.15) is 17.5 Å². The van der Waals surface area contributed by atoms with E-state index in [0.29, 0.717) is 5.82 Å². The van der Waals surface area contributed by atoms with Crippen LogP contribution in [0.5, 0.6) is 0 Å². The van der Waals surface area contributed by atoms with Gasteiger partial charge in [0.15, 0.2) is 0 Å². The van der Waals surface area contributed by atoms with Crippen molar-refractivity contribution in [2.45, 2.75) is 44.9 Å². The summed E-state index contributed by atoms with van der Waals surface area (Å²) >= 11 is 1.74. The molecule has 100 valence electrons. The third kappa shape index (κ3) is 3.05. The molecule has 0 aliphatic carbocycles. The highest BCUT2D eigenvalue weighted by Gasteiger charge is 2.26. The zero-order valence-corrected chi connectivity index (χ0v) is 11.7. The number of aromatic nitrogens is 2. The van der Waals surface area contributed by atoms with Crippen LogP contribution in [0.4, 0.5) is 5.82 Å². The number of hydrogen-bond donors (Lipinski definition) is 1. The summed E-state index contributed by atoms with van der Waals surface area (Å²) in [5.41, 5.74) is -0.0710. The maximum absolute atomic E-state index is 11.9. The molecular formula is C12H19N3O2S. The molecule has 0 bridgehead atoms. The normalized spacial score (nSPS) is 23.6. The van der Waals surface area contributed by atoms with E-state index in [0.717, 1.165) is 12.2 Å². The Morgan fingerprint density at radius 3 is 3.00 bits per heavy atom. The van der Waals surface area contributed by atoms with Gasteiger partial charge in [0, 0.05) is 18.0 Å². The number of thioether (sulfide) groups is 1. The van der Waals surface area contributed by atoms with E-state index in [-0.39, 0.29) is 23.4 Å². The maximum atomic E-state index is 11.9. The largest absolute Gasteiger partial charge is 0.368 e. The molecule has 2 rings (SSSR count). The fourth-order valence-electron chi connectivity index (χ4n) is 1.81. The van der Waals surface area contributed by atoms with Crippen LogP contribution in [0.2, 0.25) is 0 Å². The summed E-state index contributed by atoms with van der Waals surface area (Å²) < 4.78 is 7.33. The average molecular weight is 269 g/mol. The Hall–Kier alpha value is -1.01. The van der Waals surface area contributed by atoms with E-state index in [1.54, 1.807) is 22.5 Å². The second kappa shape index (κ2) is 5.75. The predicted octanol–water partition coefficient (Wildman–Crippen LogP) is 2.06. The molecule has 2 heterocycles. The van der Waals surface area contributed by atoms with Crippen LogP contribution >= 0.6 is 11.8 Å². The minimum absolute atomic E-state index is 0.187. The molecule has 18 heavy (non-hydrogen) atoms. The lowest BCUT2D eigenvalue weighted by atomic mass is 10.4. The van der Waals surface area contributed by atoms with Gasteiger partial charge in [0.25, 0.3) is 0 Å². The Morgan fingerprint density at radius 2 is 2.44 bits per heavy atom. The molecule has 0 saturated carbocycles. The zero-order valence-electron chi connectivity index (χ0n) is 10.9. The van der Waals surface area contributed by atoms with Gasteiger partial charge in [0.05, 0.1) is 0 Å². The highest BCUT2D eigenvalue weighted by atomic mass is 32.2. The lowest BCUT2D eigenvalue weighted by Crippen LogP contribution is -2.29. The molecule has 1 unspecified atom stereocenters. The van der Waals surface area contributed by atoms with E-state index >= 15 is 0 Å². The minimum Gasteiger partial charge on any atom is -0.368 e. The molecule has 0 spiro atoms. The standard InChI is InChI=1S/C12H19N3O2S/c1-4-11-17-10(7-18-11)15-6-5-9(13-8(2)3)14-12(15)16/h5-6,8,10-11H,4,7H2,1-3H3,(H,13,14,16)/t10?,11-/m1/s1. The van der Waals surface area contributed by atoms with E-state index in [9.17, 15) is 4.79 Å². The van der Waals surface area contributed by atoms with Crippen LogP contribution in [0.15, 0.2) is 17.1 Å². The van der Waals surface area contributed by atoms with Crippen molar-refractivity contribution in [2.75, 3.05) is 11.1 Å². The molecule has 1 aliphatic rings. The van der Waals surface area contributed by atoms with E-state index in [2.05, 4.69) is 17.2 Å². The van der Waals surface area contributed by atoms with Gasteiger partial charge in [0.2, 0.25) is 0 Å². The molecule has 1 aromatic rings. The monoisotopic (exact) mass is 269 g/mol. The average Bonchev–Trinajstić information content (AvgIpc) is 2.76. The third-order valence-corrected chi connectivity index (χ3v) is 3.94. The highest BCUT2D eigenvalue weighted by molar-refractivity contribution is 7.99. The maximum Gasteiger partial charge on any atom is 0.351 e. The summed E-state index contributed by atoms with van der Waals surface area (Å²) in [5, 5.41) is 3.11. The van der Waals surface area contributed by atoms with Crippen molar-refractivity contribution in [2.24, 2.45) is 0 Å². The molecule has 0 radical (unpaired) electrons. The minimum atomic E-state index is -0.261. The summed E-state index contributed by atoms with van der Waals surface area (Å²) in [6.07, 6.45) is 2.52. The fourth-order valence-corrected chi connectivity index (χ4v) is 2.87. The molecule has 1 N–H and O–H groups in total. The van der Waals surface area contributed by atoms with Gasteiger partial charge in [-0.15, -0.1) is 11.8 Å². The van der Waals surface area contributed by atoms with Gasteiger partial charge in [-0.05, 0) is 26.3 Å². The van der Waals surface area contributed by atoms with E-state index in [1.165, 1.54) is 0 Å². The molecule has 1 aromatic heterocycles. The Bertz CT molecular complexity index is 461. The van der Waals surface area contributed by atoms with Crippen molar-refractivity contribution < 1.29 is 4.74 Å². The van der Waals surface area contributed by atoms with Crippen molar-refractivity contribution in [3.63, 3.8) is 0 Å². The SMILES string of the molecule is CC[C@@H]1OC(n2ccc(NC(C)C)nc2=O)CS1. The molecule has 5 nitrogen and oxygen atoms in total. The van der Waals surface area contributed by atoms with Crippen molar-refractivity contribution in [3.05, 3.63) is 22.7 Å². The Kier molecular flexibility index (Phi) is 4.29.